The third-order valence-electron chi connectivity index (χ3n) is 2.52. The summed E-state index contributed by atoms with van der Waals surface area (Å²) in [7, 11) is 0. The molecule has 0 aliphatic carbocycles. The summed E-state index contributed by atoms with van der Waals surface area (Å²) < 4.78 is 1.42. The first kappa shape index (κ1) is 9.98. The lowest BCUT2D eigenvalue weighted by atomic mass is 10.2. The molecular weight excluding hydrogens is 216 g/mol. The highest BCUT2D eigenvalue weighted by atomic mass is 35.5. The van der Waals surface area contributed by atoms with Crippen molar-refractivity contribution in [2.24, 2.45) is 0 Å². The highest BCUT2D eigenvalue weighted by Gasteiger charge is 2.18. The molecule has 0 unspecified atom stereocenters. The van der Waals surface area contributed by atoms with Gasteiger partial charge in [-0.15, -0.1) is 0 Å². The summed E-state index contributed by atoms with van der Waals surface area (Å²) >= 11 is 5.89. The number of aromatic nitrogens is 2. The number of rotatable bonds is 0. The van der Waals surface area contributed by atoms with E-state index in [1.54, 1.807) is 32.0 Å². The fourth-order valence-corrected chi connectivity index (χ4v) is 1.76. The molecule has 78 valence electrons. The Bertz CT molecular complexity index is 604. The molecule has 0 spiro atoms. The SMILES string of the molecule is Cc1c(C)[n+](=O)c2c(Cl)cccc2n1[O-]. The van der Waals surface area contributed by atoms with Crippen molar-refractivity contribution < 1.29 is 4.43 Å². The van der Waals surface area contributed by atoms with Gasteiger partial charge in [0.25, 0.3) is 5.69 Å². The van der Waals surface area contributed by atoms with Crippen molar-refractivity contribution in [1.82, 2.24) is 4.73 Å². The summed E-state index contributed by atoms with van der Waals surface area (Å²) in [5.41, 5.74) is 1.27. The van der Waals surface area contributed by atoms with Gasteiger partial charge in [-0.2, -0.15) is 0 Å². The number of para-hydroxylation sites is 1. The van der Waals surface area contributed by atoms with Crippen LogP contribution in [0.15, 0.2) is 18.2 Å². The molecule has 0 saturated heterocycles. The number of hydrogen-bond acceptors (Lipinski definition) is 2. The molecule has 0 N–H and O–H groups in total. The monoisotopic (exact) mass is 224 g/mol. The van der Waals surface area contributed by atoms with Crippen LogP contribution in [0.2, 0.25) is 5.02 Å². The van der Waals surface area contributed by atoms with Gasteiger partial charge in [0.1, 0.15) is 10.5 Å². The van der Waals surface area contributed by atoms with Gasteiger partial charge in [-0.3, -0.25) is 0 Å². The van der Waals surface area contributed by atoms with Crippen LogP contribution >= 0.6 is 11.6 Å². The molecule has 4 nitrogen and oxygen atoms in total. The minimum atomic E-state index is 0.220. The van der Waals surface area contributed by atoms with Gasteiger partial charge < -0.3 is 9.94 Å². The van der Waals surface area contributed by atoms with E-state index in [4.69, 9.17) is 11.6 Å². The molecule has 0 saturated carbocycles. The van der Waals surface area contributed by atoms with Gasteiger partial charge in [0.2, 0.25) is 0 Å². The third-order valence-corrected chi connectivity index (χ3v) is 2.83. The number of halogens is 1. The molecule has 0 fully saturated rings. The second kappa shape index (κ2) is 3.24. The number of hydrogen-bond donors (Lipinski definition) is 0. The van der Waals surface area contributed by atoms with E-state index < -0.39 is 0 Å². The van der Waals surface area contributed by atoms with E-state index in [2.05, 4.69) is 0 Å². The molecule has 2 aromatic rings. The summed E-state index contributed by atoms with van der Waals surface area (Å²) in [6, 6.07) is 4.82. The Kier molecular flexibility index (Phi) is 2.16. The molecule has 2 rings (SSSR count). The average Bonchev–Trinajstić information content (AvgIpc) is 2.23. The van der Waals surface area contributed by atoms with Crippen molar-refractivity contribution in [3.8, 4) is 0 Å². The van der Waals surface area contributed by atoms with Gasteiger partial charge in [0.05, 0.1) is 10.1 Å². The predicted molar refractivity (Wildman–Crippen MR) is 58.6 cm³/mol. The molecule has 5 heteroatoms. The Morgan fingerprint density at radius 3 is 2.73 bits per heavy atom. The molecule has 0 radical (unpaired) electrons. The van der Waals surface area contributed by atoms with E-state index in [9.17, 15) is 10.1 Å². The Labute approximate surface area is 90.9 Å². The maximum atomic E-state index is 11.8. The molecule has 15 heavy (non-hydrogen) atoms. The minimum absolute atomic E-state index is 0.220. The summed E-state index contributed by atoms with van der Waals surface area (Å²) in [5, 5.41) is 12.0. The van der Waals surface area contributed by atoms with E-state index in [0.29, 0.717) is 21.3 Å². The van der Waals surface area contributed by atoms with Crippen LogP contribution in [0.5, 0.6) is 0 Å². The molecule has 0 amide bonds. The summed E-state index contributed by atoms with van der Waals surface area (Å²) in [4.78, 5) is 11.8. The van der Waals surface area contributed by atoms with E-state index in [1.165, 1.54) is 0 Å². The Balaban J connectivity index is 3.15. The normalized spacial score (nSPS) is 10.9. The molecule has 0 atom stereocenters. The molecule has 0 aliphatic rings. The van der Waals surface area contributed by atoms with Crippen molar-refractivity contribution >= 4 is 22.6 Å². The number of fused-ring (bicyclic) bond motifs is 1. The van der Waals surface area contributed by atoms with E-state index in [1.807, 2.05) is 0 Å². The molecule has 1 heterocycles. The fraction of sp³-hybridized carbons (Fsp3) is 0.200. The topological polar surface area (TPSA) is 51.0 Å². The first-order valence-corrected chi connectivity index (χ1v) is 4.82. The zero-order valence-corrected chi connectivity index (χ0v) is 9.08. The van der Waals surface area contributed by atoms with Crippen LogP contribution < -0.4 is 4.43 Å². The Hall–Kier alpha value is -1.55. The van der Waals surface area contributed by atoms with Crippen LogP contribution in [0.25, 0.3) is 11.0 Å². The van der Waals surface area contributed by atoms with Gasteiger partial charge >= 0.3 is 5.52 Å². The van der Waals surface area contributed by atoms with Crippen molar-refractivity contribution in [3.05, 3.63) is 44.7 Å². The Morgan fingerprint density at radius 2 is 2.07 bits per heavy atom. The lowest BCUT2D eigenvalue weighted by Gasteiger charge is -2.15. The van der Waals surface area contributed by atoms with Gasteiger partial charge in [0, 0.05) is 11.8 Å². The quantitative estimate of drug-likeness (QED) is 0.644. The summed E-state index contributed by atoms with van der Waals surface area (Å²) in [6.07, 6.45) is 0. The van der Waals surface area contributed by atoms with Gasteiger partial charge in [0.15, 0.2) is 0 Å². The maximum Gasteiger partial charge on any atom is 0.304 e. The molecule has 0 bridgehead atoms. The highest BCUT2D eigenvalue weighted by Crippen LogP contribution is 2.20. The second-order valence-electron chi connectivity index (χ2n) is 3.37. The lowest BCUT2D eigenvalue weighted by Crippen LogP contribution is -2.24. The average molecular weight is 225 g/mol. The van der Waals surface area contributed by atoms with Gasteiger partial charge in [-0.1, -0.05) is 17.7 Å². The molecule has 0 aliphatic heterocycles. The first-order chi connectivity index (χ1) is 7.04. The first-order valence-electron chi connectivity index (χ1n) is 4.44. The van der Waals surface area contributed by atoms with Gasteiger partial charge in [-0.05, 0) is 19.1 Å². The standard InChI is InChI=1S/C10H9ClN2O2/c1-6-7(2)13(15)10-8(11)4-3-5-9(10)12(6)14/h3-5H,1-2H3. The van der Waals surface area contributed by atoms with Crippen LogP contribution in [0.4, 0.5) is 0 Å². The number of nitrogens with zero attached hydrogens (tertiary/aromatic N) is 2. The summed E-state index contributed by atoms with van der Waals surface area (Å²) in [5.74, 6) is 0. The predicted octanol–water partition coefficient (Wildman–Crippen LogP) is 2.17. The van der Waals surface area contributed by atoms with Crippen molar-refractivity contribution in [3.63, 3.8) is 0 Å². The lowest BCUT2D eigenvalue weighted by molar-refractivity contribution is -0.473. The largest absolute Gasteiger partial charge is 0.805 e. The van der Waals surface area contributed by atoms with Crippen molar-refractivity contribution in [2.45, 2.75) is 13.8 Å². The maximum absolute atomic E-state index is 11.8. The number of benzene rings is 1. The van der Waals surface area contributed by atoms with Gasteiger partial charge in [-0.25, -0.2) is 0 Å². The zero-order chi connectivity index (χ0) is 11.2. The van der Waals surface area contributed by atoms with E-state index in [-0.39, 0.29) is 10.5 Å². The van der Waals surface area contributed by atoms with Crippen molar-refractivity contribution in [2.75, 3.05) is 0 Å². The second-order valence-corrected chi connectivity index (χ2v) is 3.77. The fourth-order valence-electron chi connectivity index (χ4n) is 1.51. The highest BCUT2D eigenvalue weighted by molar-refractivity contribution is 6.34. The van der Waals surface area contributed by atoms with Crippen LogP contribution in [0.3, 0.4) is 0 Å². The van der Waals surface area contributed by atoms with Crippen LogP contribution in [-0.2, 0) is 0 Å². The van der Waals surface area contributed by atoms with Crippen LogP contribution in [0, 0.1) is 24.0 Å². The molecule has 1 aromatic carbocycles. The molecule has 1 aromatic heterocycles. The van der Waals surface area contributed by atoms with E-state index in [0.717, 1.165) is 4.73 Å². The van der Waals surface area contributed by atoms with E-state index >= 15 is 0 Å². The molecular formula is C10H9ClN2O2. The Morgan fingerprint density at radius 1 is 1.40 bits per heavy atom. The van der Waals surface area contributed by atoms with Crippen LogP contribution in [-0.4, -0.2) is 4.73 Å². The van der Waals surface area contributed by atoms with Crippen molar-refractivity contribution in [1.29, 1.82) is 0 Å². The smallest absolute Gasteiger partial charge is 0.304 e. The van der Waals surface area contributed by atoms with Crippen LogP contribution in [0.1, 0.15) is 11.4 Å². The minimum Gasteiger partial charge on any atom is -0.805 e. The third kappa shape index (κ3) is 1.29. The zero-order valence-electron chi connectivity index (χ0n) is 8.32. The summed E-state index contributed by atoms with van der Waals surface area (Å²) in [6.45, 7) is 3.20.